The molecule has 1 aliphatic heterocycles. The number of halogens is 1. The van der Waals surface area contributed by atoms with Crippen LogP contribution >= 0.6 is 15.9 Å². The highest BCUT2D eigenvalue weighted by molar-refractivity contribution is 9.10. The Bertz CT molecular complexity index is 755. The van der Waals surface area contributed by atoms with Gasteiger partial charge in [0.2, 0.25) is 5.78 Å². The van der Waals surface area contributed by atoms with E-state index in [0.717, 1.165) is 10.0 Å². The summed E-state index contributed by atoms with van der Waals surface area (Å²) < 4.78 is 17.8. The van der Waals surface area contributed by atoms with Gasteiger partial charge in [0.05, 0.1) is 14.2 Å². The molecule has 0 aliphatic carbocycles. The number of rotatable bonds is 4. The van der Waals surface area contributed by atoms with Crippen LogP contribution < -0.4 is 14.2 Å². The predicted octanol–water partition coefficient (Wildman–Crippen LogP) is 4.29. The van der Waals surface area contributed by atoms with Gasteiger partial charge in [0.1, 0.15) is 5.75 Å². The molecule has 24 heavy (non-hydrogen) atoms. The van der Waals surface area contributed by atoms with Crippen LogP contribution in [0.2, 0.25) is 0 Å². The van der Waals surface area contributed by atoms with Crippen LogP contribution in [0.25, 0.3) is 0 Å². The van der Waals surface area contributed by atoms with Gasteiger partial charge in [0.15, 0.2) is 17.6 Å². The Hall–Kier alpha value is -2.01. The molecule has 0 spiro atoms. The summed E-state index contributed by atoms with van der Waals surface area (Å²) in [6.07, 6.45) is 0.194. The number of ketones is 1. The molecular formula is C19H19BrO4. The lowest BCUT2D eigenvalue weighted by atomic mass is 9.87. The molecule has 0 bridgehead atoms. The van der Waals surface area contributed by atoms with E-state index >= 15 is 0 Å². The molecule has 1 aliphatic rings. The van der Waals surface area contributed by atoms with Gasteiger partial charge in [-0.2, -0.15) is 0 Å². The number of carbonyl (C=O) groups is 1. The van der Waals surface area contributed by atoms with E-state index < -0.39 is 6.10 Å². The average molecular weight is 391 g/mol. The van der Waals surface area contributed by atoms with Crippen molar-refractivity contribution in [3.63, 3.8) is 0 Å². The minimum atomic E-state index is -0.503. The number of fused-ring (bicyclic) bond motifs is 1. The van der Waals surface area contributed by atoms with E-state index in [4.69, 9.17) is 14.2 Å². The summed E-state index contributed by atoms with van der Waals surface area (Å²) in [5, 5.41) is 0. The third kappa shape index (κ3) is 3.00. The largest absolute Gasteiger partial charge is 0.493 e. The zero-order chi connectivity index (χ0) is 17.3. The Morgan fingerprint density at radius 1 is 1.12 bits per heavy atom. The molecular weight excluding hydrogens is 372 g/mol. The van der Waals surface area contributed by atoms with E-state index in [0.29, 0.717) is 29.2 Å². The van der Waals surface area contributed by atoms with Gasteiger partial charge in [-0.25, -0.2) is 0 Å². The first kappa shape index (κ1) is 16.8. The number of benzene rings is 2. The monoisotopic (exact) mass is 390 g/mol. The number of Topliss-reactive ketones (excluding diaryl/α,β-unsaturated/α-hetero) is 1. The summed E-state index contributed by atoms with van der Waals surface area (Å²) in [6, 6.07) is 11.0. The van der Waals surface area contributed by atoms with Gasteiger partial charge in [-0.05, 0) is 30.7 Å². The molecule has 3 rings (SSSR count). The summed E-state index contributed by atoms with van der Waals surface area (Å²) in [5.41, 5.74) is 1.60. The first-order valence-electron chi connectivity index (χ1n) is 7.75. The molecule has 4 nitrogen and oxygen atoms in total. The molecule has 0 fully saturated rings. The first-order chi connectivity index (χ1) is 11.5. The third-order valence-electron chi connectivity index (χ3n) is 4.29. The van der Waals surface area contributed by atoms with E-state index in [-0.39, 0.29) is 11.7 Å². The summed E-state index contributed by atoms with van der Waals surface area (Å²) >= 11 is 3.38. The van der Waals surface area contributed by atoms with Crippen LogP contribution in [0.3, 0.4) is 0 Å². The lowest BCUT2D eigenvalue weighted by Crippen LogP contribution is -2.38. The maximum atomic E-state index is 12.8. The minimum Gasteiger partial charge on any atom is -0.493 e. The van der Waals surface area contributed by atoms with Gasteiger partial charge in [0.25, 0.3) is 0 Å². The number of carbonyl (C=O) groups excluding carboxylic acids is 1. The molecule has 2 atom stereocenters. The highest BCUT2D eigenvalue weighted by Gasteiger charge is 2.35. The Kier molecular flexibility index (Phi) is 4.81. The SMILES string of the molecule is COc1ccc2c(c1OC)CC(C)C(C(=O)c1ccc(Br)cc1)O2. The normalized spacial score (nSPS) is 19.2. The Labute approximate surface area is 149 Å². The molecule has 2 aromatic carbocycles. The predicted molar refractivity (Wildman–Crippen MR) is 95.3 cm³/mol. The zero-order valence-electron chi connectivity index (χ0n) is 13.8. The summed E-state index contributed by atoms with van der Waals surface area (Å²) in [7, 11) is 3.22. The maximum absolute atomic E-state index is 12.8. The van der Waals surface area contributed by atoms with Crippen molar-refractivity contribution in [2.75, 3.05) is 14.2 Å². The van der Waals surface area contributed by atoms with Crippen molar-refractivity contribution in [2.45, 2.75) is 19.4 Å². The van der Waals surface area contributed by atoms with E-state index in [1.807, 2.05) is 37.3 Å². The third-order valence-corrected chi connectivity index (χ3v) is 4.82. The standard InChI is InChI=1S/C19H19BrO4/c1-11-10-14-15(8-9-16(22-2)19(14)23-3)24-18(11)17(21)12-4-6-13(20)7-5-12/h4-9,11,18H,10H2,1-3H3. The second-order valence-electron chi connectivity index (χ2n) is 5.87. The highest BCUT2D eigenvalue weighted by Crippen LogP contribution is 2.42. The number of ether oxygens (including phenoxy) is 3. The van der Waals surface area contributed by atoms with Crippen LogP contribution in [-0.4, -0.2) is 26.1 Å². The van der Waals surface area contributed by atoms with Crippen molar-refractivity contribution >= 4 is 21.7 Å². The van der Waals surface area contributed by atoms with Gasteiger partial charge in [-0.1, -0.05) is 35.0 Å². The molecule has 1 heterocycles. The lowest BCUT2D eigenvalue weighted by molar-refractivity contribution is 0.0647. The average Bonchev–Trinajstić information content (AvgIpc) is 2.60. The van der Waals surface area contributed by atoms with Crippen molar-refractivity contribution in [2.24, 2.45) is 5.92 Å². The van der Waals surface area contributed by atoms with Gasteiger partial charge in [-0.3, -0.25) is 4.79 Å². The van der Waals surface area contributed by atoms with Crippen LogP contribution in [0.4, 0.5) is 0 Å². The van der Waals surface area contributed by atoms with Gasteiger partial charge in [-0.15, -0.1) is 0 Å². The molecule has 2 aromatic rings. The number of methoxy groups -OCH3 is 2. The highest BCUT2D eigenvalue weighted by atomic mass is 79.9. The summed E-state index contributed by atoms with van der Waals surface area (Å²) in [4.78, 5) is 12.8. The second-order valence-corrected chi connectivity index (χ2v) is 6.78. The quantitative estimate of drug-likeness (QED) is 0.730. The Balaban J connectivity index is 1.92. The van der Waals surface area contributed by atoms with Gasteiger partial charge < -0.3 is 14.2 Å². The molecule has 5 heteroatoms. The fourth-order valence-corrected chi connectivity index (χ4v) is 3.31. The van der Waals surface area contributed by atoms with E-state index in [9.17, 15) is 4.79 Å². The van der Waals surface area contributed by atoms with E-state index in [1.165, 1.54) is 0 Å². The van der Waals surface area contributed by atoms with Crippen LogP contribution in [-0.2, 0) is 6.42 Å². The van der Waals surface area contributed by atoms with Crippen LogP contribution in [0.1, 0.15) is 22.8 Å². The van der Waals surface area contributed by atoms with Crippen LogP contribution in [0, 0.1) is 5.92 Å². The van der Waals surface area contributed by atoms with Crippen molar-refractivity contribution in [3.8, 4) is 17.2 Å². The van der Waals surface area contributed by atoms with E-state index in [2.05, 4.69) is 15.9 Å². The number of hydrogen-bond donors (Lipinski definition) is 0. The molecule has 0 radical (unpaired) electrons. The molecule has 0 saturated heterocycles. The maximum Gasteiger partial charge on any atom is 0.203 e. The first-order valence-corrected chi connectivity index (χ1v) is 8.54. The Morgan fingerprint density at radius 3 is 2.46 bits per heavy atom. The van der Waals surface area contributed by atoms with Gasteiger partial charge >= 0.3 is 0 Å². The minimum absolute atomic E-state index is 0.00423. The smallest absolute Gasteiger partial charge is 0.203 e. The molecule has 126 valence electrons. The number of hydrogen-bond acceptors (Lipinski definition) is 4. The van der Waals surface area contributed by atoms with Crippen molar-refractivity contribution in [3.05, 3.63) is 52.0 Å². The van der Waals surface area contributed by atoms with Crippen LogP contribution in [0.5, 0.6) is 17.2 Å². The van der Waals surface area contributed by atoms with Crippen molar-refractivity contribution < 1.29 is 19.0 Å². The fourth-order valence-electron chi connectivity index (χ4n) is 3.05. The molecule has 0 N–H and O–H groups in total. The molecule has 0 saturated carbocycles. The van der Waals surface area contributed by atoms with Crippen molar-refractivity contribution in [1.82, 2.24) is 0 Å². The lowest BCUT2D eigenvalue weighted by Gasteiger charge is -2.32. The van der Waals surface area contributed by atoms with Gasteiger partial charge in [0, 0.05) is 21.5 Å². The molecule has 2 unspecified atom stereocenters. The summed E-state index contributed by atoms with van der Waals surface area (Å²) in [6.45, 7) is 2.02. The second kappa shape index (κ2) is 6.85. The fraction of sp³-hybridized carbons (Fsp3) is 0.316. The topological polar surface area (TPSA) is 44.8 Å². The molecule has 0 aromatic heterocycles. The Morgan fingerprint density at radius 2 is 1.83 bits per heavy atom. The van der Waals surface area contributed by atoms with E-state index in [1.54, 1.807) is 20.3 Å². The molecule has 0 amide bonds. The van der Waals surface area contributed by atoms with Crippen molar-refractivity contribution in [1.29, 1.82) is 0 Å². The zero-order valence-corrected chi connectivity index (χ0v) is 15.4. The van der Waals surface area contributed by atoms with Crippen LogP contribution in [0.15, 0.2) is 40.9 Å². The summed E-state index contributed by atoms with van der Waals surface area (Å²) in [5.74, 6) is 2.06.